The lowest BCUT2D eigenvalue weighted by molar-refractivity contribution is -0.0668. The van der Waals surface area contributed by atoms with Crippen molar-refractivity contribution in [2.45, 2.75) is 51.6 Å². The number of piperidine rings is 1. The third kappa shape index (κ3) is 4.65. The highest BCUT2D eigenvalue weighted by Crippen LogP contribution is 2.46. The smallest absolute Gasteiger partial charge is 0.356 e. The molecule has 0 spiro atoms. The minimum absolute atomic E-state index is 0. The summed E-state index contributed by atoms with van der Waals surface area (Å²) >= 11 is 0. The van der Waals surface area contributed by atoms with Crippen LogP contribution in [0, 0.1) is 11.3 Å². The Labute approximate surface area is 177 Å². The van der Waals surface area contributed by atoms with Crippen LogP contribution < -0.4 is 5.32 Å². The molecule has 0 atom stereocenters. The molecule has 2 rings (SSSR count). The summed E-state index contributed by atoms with van der Waals surface area (Å²) < 4.78 is 61.3. The number of hydrogen-bond donors (Lipinski definition) is 1. The number of hydrogen-bond acceptors (Lipinski definition) is 3. The number of halogens is 4. The second-order valence-electron chi connectivity index (χ2n) is 8.25. The number of guanidine groups is 1. The molecule has 27 heavy (non-hydrogen) atoms. The Bertz CT molecular complexity index is 657. The van der Waals surface area contributed by atoms with Crippen LogP contribution in [0.25, 0.3) is 0 Å². The Morgan fingerprint density at radius 2 is 1.70 bits per heavy atom. The van der Waals surface area contributed by atoms with Crippen molar-refractivity contribution in [3.05, 3.63) is 0 Å². The van der Waals surface area contributed by atoms with E-state index in [9.17, 15) is 21.6 Å². The normalized spacial score (nSPS) is 24.1. The van der Waals surface area contributed by atoms with Crippen LogP contribution in [0.3, 0.4) is 0 Å². The molecule has 0 aromatic carbocycles. The monoisotopic (exact) mass is 526 g/mol. The molecule has 2 heterocycles. The Hall–Kier alpha value is -0.300. The van der Waals surface area contributed by atoms with Crippen LogP contribution in [0.2, 0.25) is 0 Å². The molecule has 1 N–H and O–H groups in total. The molecular weight excluding hydrogens is 496 g/mol. The number of alkyl halides is 3. The zero-order valence-corrected chi connectivity index (χ0v) is 19.6. The summed E-state index contributed by atoms with van der Waals surface area (Å²) in [4.78, 5) is 6.51. The van der Waals surface area contributed by atoms with Gasteiger partial charge in [0.15, 0.2) is 5.96 Å². The molecule has 0 bridgehead atoms. The average Bonchev–Trinajstić information content (AvgIpc) is 2.53. The van der Waals surface area contributed by atoms with Gasteiger partial charge in [0.25, 0.3) is 0 Å². The lowest BCUT2D eigenvalue weighted by Gasteiger charge is -2.62. The van der Waals surface area contributed by atoms with E-state index in [0.717, 1.165) is 12.5 Å². The van der Waals surface area contributed by atoms with Crippen molar-refractivity contribution < 1.29 is 21.6 Å². The highest BCUT2D eigenvalue weighted by Gasteiger charge is 2.54. The minimum atomic E-state index is -5.23. The van der Waals surface area contributed by atoms with Gasteiger partial charge in [-0.25, -0.2) is 8.42 Å². The van der Waals surface area contributed by atoms with E-state index in [4.69, 9.17) is 0 Å². The number of nitrogens with one attached hydrogen (secondary N) is 1. The van der Waals surface area contributed by atoms with Crippen LogP contribution in [-0.4, -0.2) is 67.9 Å². The van der Waals surface area contributed by atoms with Crippen LogP contribution >= 0.6 is 24.0 Å². The van der Waals surface area contributed by atoms with Gasteiger partial charge < -0.3 is 10.2 Å². The summed E-state index contributed by atoms with van der Waals surface area (Å²) in [7, 11) is -3.50. The van der Waals surface area contributed by atoms with E-state index in [2.05, 4.69) is 42.9 Å². The second-order valence-corrected chi connectivity index (χ2v) is 10.2. The van der Waals surface area contributed by atoms with Crippen LogP contribution in [0.4, 0.5) is 13.2 Å². The molecule has 0 aromatic heterocycles. The molecule has 0 unspecified atom stereocenters. The quantitative estimate of drug-likeness (QED) is 0.349. The molecule has 2 saturated heterocycles. The van der Waals surface area contributed by atoms with E-state index in [0.29, 0.717) is 23.7 Å². The summed E-state index contributed by atoms with van der Waals surface area (Å²) in [6, 6.07) is 0. The maximum Gasteiger partial charge on any atom is 0.511 e. The fraction of sp³-hybridized carbons (Fsp3) is 0.938. The van der Waals surface area contributed by atoms with Crippen molar-refractivity contribution >= 4 is 40.0 Å². The van der Waals surface area contributed by atoms with Gasteiger partial charge in [0, 0.05) is 44.2 Å². The summed E-state index contributed by atoms with van der Waals surface area (Å²) in [6.07, 6.45) is 0.794. The van der Waals surface area contributed by atoms with Crippen molar-refractivity contribution in [2.24, 2.45) is 16.3 Å². The van der Waals surface area contributed by atoms with Crippen LogP contribution in [0.1, 0.15) is 40.5 Å². The standard InChI is InChI=1S/C16H29F3N4O2S.HI/c1-14(2)11-23(15(14,3)4)13(20-5)21-10-12-6-8-22(9-7-12)26(24,25)16(17,18)19;/h12H,6-11H2,1-5H3,(H,20,21);1H. The molecule has 0 saturated carbocycles. The molecular formula is C16H30F3IN4O2S. The van der Waals surface area contributed by atoms with Crippen molar-refractivity contribution in [2.75, 3.05) is 33.2 Å². The molecule has 2 aliphatic rings. The first-order valence-electron chi connectivity index (χ1n) is 8.79. The van der Waals surface area contributed by atoms with Crippen molar-refractivity contribution in [3.8, 4) is 0 Å². The third-order valence-electron chi connectivity index (χ3n) is 6.11. The molecule has 6 nitrogen and oxygen atoms in total. The first kappa shape index (κ1) is 24.7. The average molecular weight is 526 g/mol. The molecule has 2 aliphatic heterocycles. The minimum Gasteiger partial charge on any atom is -0.356 e. The van der Waals surface area contributed by atoms with E-state index < -0.39 is 15.5 Å². The predicted molar refractivity (Wildman–Crippen MR) is 111 cm³/mol. The maximum absolute atomic E-state index is 12.6. The highest BCUT2D eigenvalue weighted by atomic mass is 127. The van der Waals surface area contributed by atoms with Gasteiger partial charge in [-0.05, 0) is 32.6 Å². The van der Waals surface area contributed by atoms with Gasteiger partial charge in [-0.2, -0.15) is 17.5 Å². The second kappa shape index (κ2) is 8.21. The number of nitrogens with zero attached hydrogens (tertiary/aromatic N) is 3. The molecule has 11 heteroatoms. The fourth-order valence-electron chi connectivity index (χ4n) is 3.43. The lowest BCUT2D eigenvalue weighted by Crippen LogP contribution is -2.72. The molecule has 0 aliphatic carbocycles. The molecule has 160 valence electrons. The number of sulfonamides is 1. The maximum atomic E-state index is 12.6. The number of likely N-dealkylation sites (tertiary alicyclic amines) is 1. The summed E-state index contributed by atoms with van der Waals surface area (Å²) in [5.41, 5.74) is -5.10. The number of aliphatic imine (C=N–C) groups is 1. The number of rotatable bonds is 3. The van der Waals surface area contributed by atoms with Crippen LogP contribution in [0.15, 0.2) is 4.99 Å². The van der Waals surface area contributed by atoms with E-state index in [-0.39, 0.29) is 53.9 Å². The van der Waals surface area contributed by atoms with Crippen LogP contribution in [-0.2, 0) is 10.0 Å². The van der Waals surface area contributed by atoms with Gasteiger partial charge in [-0.15, -0.1) is 24.0 Å². The van der Waals surface area contributed by atoms with E-state index in [1.807, 2.05) is 0 Å². The Morgan fingerprint density at radius 3 is 2.07 bits per heavy atom. The molecule has 0 aromatic rings. The Balaban J connectivity index is 0.00000364. The largest absolute Gasteiger partial charge is 0.511 e. The molecule has 0 amide bonds. The summed E-state index contributed by atoms with van der Waals surface area (Å²) in [6.45, 7) is 9.96. The molecule has 2 fully saturated rings. The summed E-state index contributed by atoms with van der Waals surface area (Å²) in [5, 5.41) is 3.30. The van der Waals surface area contributed by atoms with E-state index in [1.54, 1.807) is 7.05 Å². The van der Waals surface area contributed by atoms with Gasteiger partial charge in [0.05, 0.1) is 0 Å². The van der Waals surface area contributed by atoms with Gasteiger partial charge in [0.1, 0.15) is 0 Å². The Kier molecular flexibility index (Phi) is 7.52. The van der Waals surface area contributed by atoms with Crippen LogP contribution in [0.5, 0.6) is 0 Å². The van der Waals surface area contributed by atoms with E-state index >= 15 is 0 Å². The van der Waals surface area contributed by atoms with Gasteiger partial charge in [-0.3, -0.25) is 4.99 Å². The summed E-state index contributed by atoms with van der Waals surface area (Å²) in [5.74, 6) is 0.892. The van der Waals surface area contributed by atoms with Gasteiger partial charge >= 0.3 is 15.5 Å². The first-order chi connectivity index (χ1) is 11.7. The zero-order valence-electron chi connectivity index (χ0n) is 16.4. The zero-order chi connectivity index (χ0) is 20.0. The fourth-order valence-corrected chi connectivity index (χ4v) is 4.42. The van der Waals surface area contributed by atoms with Gasteiger partial charge in [-0.1, -0.05) is 13.8 Å². The SMILES string of the molecule is CN=C(NCC1CCN(S(=O)(=O)C(F)(F)F)CC1)N1CC(C)(C)C1(C)C.I. The van der Waals surface area contributed by atoms with Crippen molar-refractivity contribution in [1.82, 2.24) is 14.5 Å². The Morgan fingerprint density at radius 1 is 1.19 bits per heavy atom. The topological polar surface area (TPSA) is 65.0 Å². The van der Waals surface area contributed by atoms with Crippen molar-refractivity contribution in [1.29, 1.82) is 0 Å². The van der Waals surface area contributed by atoms with Gasteiger partial charge in [0.2, 0.25) is 0 Å². The van der Waals surface area contributed by atoms with Crippen molar-refractivity contribution in [3.63, 3.8) is 0 Å². The third-order valence-corrected chi connectivity index (χ3v) is 7.74. The van der Waals surface area contributed by atoms with E-state index in [1.165, 1.54) is 0 Å². The molecule has 0 radical (unpaired) electrons. The predicted octanol–water partition coefficient (Wildman–Crippen LogP) is 2.86. The lowest BCUT2D eigenvalue weighted by atomic mass is 9.65. The highest BCUT2D eigenvalue weighted by molar-refractivity contribution is 14.0. The first-order valence-corrected chi connectivity index (χ1v) is 10.2.